The molecule has 0 bridgehead atoms. The van der Waals surface area contributed by atoms with Gasteiger partial charge in [-0.3, -0.25) is 0 Å². The zero-order valence-electron chi connectivity index (χ0n) is 10.1. The summed E-state index contributed by atoms with van der Waals surface area (Å²) >= 11 is 0. The first-order valence-corrected chi connectivity index (χ1v) is 6.32. The first-order chi connectivity index (χ1) is 8.22. The molecule has 0 radical (unpaired) electrons. The fraction of sp³-hybridized carbons (Fsp3) is 0.571. The van der Waals surface area contributed by atoms with E-state index in [1.54, 1.807) is 12.1 Å². The summed E-state index contributed by atoms with van der Waals surface area (Å²) in [5.74, 6) is 0.411. The molecule has 0 aromatic heterocycles. The molecule has 0 heterocycles. The summed E-state index contributed by atoms with van der Waals surface area (Å²) in [5.41, 5.74) is 6.87. The highest BCUT2D eigenvalue weighted by Crippen LogP contribution is 2.48. The second-order valence-corrected chi connectivity index (χ2v) is 5.11. The molecule has 0 saturated heterocycles. The van der Waals surface area contributed by atoms with Gasteiger partial charge in [0.2, 0.25) is 0 Å². The number of hydrogen-bond acceptors (Lipinski definition) is 3. The Bertz CT molecular complexity index is 372. The average Bonchev–Trinajstić information content (AvgIpc) is 2.80. The van der Waals surface area contributed by atoms with Crippen LogP contribution >= 0.6 is 0 Å². The zero-order chi connectivity index (χ0) is 12.3. The molecule has 1 aromatic rings. The van der Waals surface area contributed by atoms with Crippen molar-refractivity contribution in [3.05, 3.63) is 29.8 Å². The number of benzene rings is 1. The summed E-state index contributed by atoms with van der Waals surface area (Å²) in [5, 5.41) is 19.3. The summed E-state index contributed by atoms with van der Waals surface area (Å²) < 4.78 is 0. The van der Waals surface area contributed by atoms with Gasteiger partial charge >= 0.3 is 0 Å². The molecule has 2 rings (SSSR count). The third-order valence-corrected chi connectivity index (χ3v) is 4.16. The summed E-state index contributed by atoms with van der Waals surface area (Å²) in [6.45, 7) is 0.703. The number of phenolic OH excluding ortho intramolecular Hbond substituents is 1. The topological polar surface area (TPSA) is 66.5 Å². The number of rotatable bonds is 4. The van der Waals surface area contributed by atoms with Crippen LogP contribution in [0.3, 0.4) is 0 Å². The SMILES string of the molecule is NCC(c1cccc(O)c1)C1(CO)CCCC1. The zero-order valence-corrected chi connectivity index (χ0v) is 10.1. The van der Waals surface area contributed by atoms with E-state index in [4.69, 9.17) is 5.73 Å². The van der Waals surface area contributed by atoms with Crippen LogP contribution in [0.1, 0.15) is 37.2 Å². The monoisotopic (exact) mass is 235 g/mol. The van der Waals surface area contributed by atoms with E-state index in [2.05, 4.69) is 0 Å². The van der Waals surface area contributed by atoms with E-state index in [0.29, 0.717) is 6.54 Å². The van der Waals surface area contributed by atoms with Crippen molar-refractivity contribution in [2.45, 2.75) is 31.6 Å². The van der Waals surface area contributed by atoms with E-state index in [-0.39, 0.29) is 23.7 Å². The van der Waals surface area contributed by atoms with Crippen LogP contribution in [0.2, 0.25) is 0 Å². The minimum absolute atomic E-state index is 0.0808. The average molecular weight is 235 g/mol. The smallest absolute Gasteiger partial charge is 0.115 e. The maximum absolute atomic E-state index is 9.73. The van der Waals surface area contributed by atoms with Crippen LogP contribution in [0.25, 0.3) is 0 Å². The van der Waals surface area contributed by atoms with Crippen molar-refractivity contribution in [3.63, 3.8) is 0 Å². The Hall–Kier alpha value is -1.06. The van der Waals surface area contributed by atoms with Crippen molar-refractivity contribution in [1.82, 2.24) is 0 Å². The van der Waals surface area contributed by atoms with E-state index in [9.17, 15) is 10.2 Å². The molecule has 3 heteroatoms. The molecule has 0 aliphatic heterocycles. The third-order valence-electron chi connectivity index (χ3n) is 4.16. The van der Waals surface area contributed by atoms with Gasteiger partial charge < -0.3 is 15.9 Å². The van der Waals surface area contributed by atoms with Gasteiger partial charge in [-0.1, -0.05) is 25.0 Å². The van der Waals surface area contributed by atoms with Crippen molar-refractivity contribution in [2.75, 3.05) is 13.2 Å². The van der Waals surface area contributed by atoms with Crippen molar-refractivity contribution in [1.29, 1.82) is 0 Å². The predicted molar refractivity (Wildman–Crippen MR) is 67.9 cm³/mol. The Balaban J connectivity index is 2.32. The fourth-order valence-corrected chi connectivity index (χ4v) is 3.18. The molecule has 1 saturated carbocycles. The van der Waals surface area contributed by atoms with Crippen molar-refractivity contribution in [2.24, 2.45) is 11.1 Å². The lowest BCUT2D eigenvalue weighted by Crippen LogP contribution is -2.34. The fourth-order valence-electron chi connectivity index (χ4n) is 3.18. The summed E-state index contributed by atoms with van der Waals surface area (Å²) in [4.78, 5) is 0. The third kappa shape index (κ3) is 2.31. The molecule has 17 heavy (non-hydrogen) atoms. The molecule has 0 amide bonds. The Kier molecular flexibility index (Phi) is 3.69. The van der Waals surface area contributed by atoms with Gasteiger partial charge in [-0.15, -0.1) is 0 Å². The highest BCUT2D eigenvalue weighted by atomic mass is 16.3. The second kappa shape index (κ2) is 5.07. The Morgan fingerprint density at radius 1 is 1.29 bits per heavy atom. The number of hydrogen-bond donors (Lipinski definition) is 3. The Labute approximate surface area is 102 Å². The maximum Gasteiger partial charge on any atom is 0.115 e. The number of aromatic hydroxyl groups is 1. The van der Waals surface area contributed by atoms with Crippen LogP contribution in [0.4, 0.5) is 0 Å². The molecular formula is C14H21NO2. The predicted octanol–water partition coefficient (Wildman–Crippen LogP) is 1.99. The van der Waals surface area contributed by atoms with Gasteiger partial charge in [-0.2, -0.15) is 0 Å². The maximum atomic E-state index is 9.73. The van der Waals surface area contributed by atoms with E-state index in [1.807, 2.05) is 12.1 Å². The first kappa shape index (κ1) is 12.4. The number of aliphatic hydroxyl groups excluding tert-OH is 1. The molecule has 1 aliphatic carbocycles. The van der Waals surface area contributed by atoms with Gasteiger partial charge in [0.15, 0.2) is 0 Å². The first-order valence-electron chi connectivity index (χ1n) is 6.32. The van der Waals surface area contributed by atoms with Crippen molar-refractivity contribution < 1.29 is 10.2 Å². The molecular weight excluding hydrogens is 214 g/mol. The number of phenols is 1. The highest BCUT2D eigenvalue weighted by molar-refractivity contribution is 5.31. The number of nitrogens with two attached hydrogens (primary N) is 1. The van der Waals surface area contributed by atoms with Gasteiger partial charge in [0, 0.05) is 17.9 Å². The molecule has 0 spiro atoms. The van der Waals surface area contributed by atoms with E-state index >= 15 is 0 Å². The lowest BCUT2D eigenvalue weighted by Gasteiger charge is -2.35. The standard InChI is InChI=1S/C14H21NO2/c15-9-13(11-4-3-5-12(17)8-11)14(10-16)6-1-2-7-14/h3-5,8,13,16-17H,1-2,6-7,9-10,15H2. The summed E-state index contributed by atoms with van der Waals surface area (Å²) in [6.07, 6.45) is 4.38. The van der Waals surface area contributed by atoms with Gasteiger partial charge in [-0.05, 0) is 37.1 Å². The lowest BCUT2D eigenvalue weighted by molar-refractivity contribution is 0.102. The van der Waals surface area contributed by atoms with Crippen LogP contribution in [0, 0.1) is 5.41 Å². The molecule has 1 fully saturated rings. The van der Waals surface area contributed by atoms with Crippen LogP contribution in [0.15, 0.2) is 24.3 Å². The van der Waals surface area contributed by atoms with Gasteiger partial charge in [0.25, 0.3) is 0 Å². The molecule has 1 aliphatic rings. The minimum atomic E-state index is -0.0808. The summed E-state index contributed by atoms with van der Waals surface area (Å²) in [6, 6.07) is 7.27. The quantitative estimate of drug-likeness (QED) is 0.747. The molecule has 3 nitrogen and oxygen atoms in total. The molecule has 94 valence electrons. The van der Waals surface area contributed by atoms with E-state index in [1.165, 1.54) is 0 Å². The van der Waals surface area contributed by atoms with Crippen LogP contribution in [-0.2, 0) is 0 Å². The van der Waals surface area contributed by atoms with Crippen molar-refractivity contribution in [3.8, 4) is 5.75 Å². The number of aliphatic hydroxyl groups is 1. The van der Waals surface area contributed by atoms with Gasteiger partial charge in [-0.25, -0.2) is 0 Å². The highest BCUT2D eigenvalue weighted by Gasteiger charge is 2.40. The lowest BCUT2D eigenvalue weighted by atomic mass is 9.71. The minimum Gasteiger partial charge on any atom is -0.508 e. The summed E-state index contributed by atoms with van der Waals surface area (Å²) in [7, 11) is 0. The largest absolute Gasteiger partial charge is 0.508 e. The van der Waals surface area contributed by atoms with E-state index < -0.39 is 0 Å². The Morgan fingerprint density at radius 3 is 2.53 bits per heavy atom. The molecule has 1 aromatic carbocycles. The van der Waals surface area contributed by atoms with E-state index in [0.717, 1.165) is 31.2 Å². The van der Waals surface area contributed by atoms with Crippen LogP contribution < -0.4 is 5.73 Å². The van der Waals surface area contributed by atoms with Crippen LogP contribution in [0.5, 0.6) is 5.75 Å². The molecule has 1 unspecified atom stereocenters. The normalized spacial score (nSPS) is 20.4. The second-order valence-electron chi connectivity index (χ2n) is 5.11. The Morgan fingerprint density at radius 2 is 2.00 bits per heavy atom. The van der Waals surface area contributed by atoms with Gasteiger partial charge in [0.05, 0.1) is 0 Å². The van der Waals surface area contributed by atoms with Gasteiger partial charge in [0.1, 0.15) is 5.75 Å². The van der Waals surface area contributed by atoms with Crippen LogP contribution in [-0.4, -0.2) is 23.4 Å². The molecule has 1 atom stereocenters. The molecule has 4 N–H and O–H groups in total. The van der Waals surface area contributed by atoms with Crippen molar-refractivity contribution >= 4 is 0 Å².